The number of hydrogen-bond acceptors (Lipinski definition) is 10. The third kappa shape index (κ3) is 8.69. The lowest BCUT2D eigenvalue weighted by atomic mass is 10.1. The number of benzene rings is 4. The van der Waals surface area contributed by atoms with Crippen LogP contribution in [0.2, 0.25) is 0 Å². The maximum atomic E-state index is 12.8. The minimum atomic E-state index is -0.317. The third-order valence-electron chi connectivity index (χ3n) is 6.94. The van der Waals surface area contributed by atoms with E-state index >= 15 is 0 Å². The van der Waals surface area contributed by atoms with Gasteiger partial charge >= 0.3 is 0 Å². The molecule has 0 aromatic heterocycles. The molecule has 2 amide bonds. The van der Waals surface area contributed by atoms with Crippen molar-refractivity contribution < 1.29 is 47.5 Å². The monoisotopic (exact) mass is 646 g/mol. The fraction of sp³-hybridized carbons (Fsp3) is 0.257. The highest BCUT2D eigenvalue weighted by atomic mass is 16.5. The van der Waals surface area contributed by atoms with Gasteiger partial charge in [0.2, 0.25) is 0 Å². The van der Waals surface area contributed by atoms with Crippen molar-refractivity contribution in [2.45, 2.75) is 6.42 Å². The number of hydrogen-bond donors (Lipinski definition) is 2. The van der Waals surface area contributed by atoms with Crippen LogP contribution in [0.4, 0.5) is 11.4 Å². The molecule has 248 valence electrons. The molecule has 0 atom stereocenters. The van der Waals surface area contributed by atoms with E-state index in [9.17, 15) is 9.59 Å². The molecule has 0 fully saturated rings. The van der Waals surface area contributed by atoms with Crippen molar-refractivity contribution in [3.05, 3.63) is 83.9 Å². The van der Waals surface area contributed by atoms with E-state index in [4.69, 9.17) is 37.9 Å². The topological polar surface area (TPSA) is 132 Å². The zero-order chi connectivity index (χ0) is 33.8. The van der Waals surface area contributed by atoms with E-state index in [1.807, 2.05) is 0 Å². The first-order valence-electron chi connectivity index (χ1n) is 14.5. The van der Waals surface area contributed by atoms with Gasteiger partial charge in [0.1, 0.15) is 0 Å². The lowest BCUT2D eigenvalue weighted by Gasteiger charge is -2.15. The summed E-state index contributed by atoms with van der Waals surface area (Å²) in [4.78, 5) is 25.6. The van der Waals surface area contributed by atoms with Gasteiger partial charge in [-0.1, -0.05) is 0 Å². The first-order valence-corrected chi connectivity index (χ1v) is 14.5. The molecule has 4 aromatic rings. The molecule has 0 aliphatic heterocycles. The standard InChI is InChI=1S/C35H38N2O10/c1-40-26-12-8-22(18-30(26)42-3)34(38)36-24-10-14-28(32(20-24)44-5)46-16-7-17-47-29-15-11-25(21-33(29)45-6)37-35(39)23-9-13-27(41-2)31(19-23)43-4/h8-15,18-21H,7,16-17H2,1-6H3,(H,36,38)(H,37,39). The van der Waals surface area contributed by atoms with Gasteiger partial charge in [-0.15, -0.1) is 0 Å². The Morgan fingerprint density at radius 3 is 1.15 bits per heavy atom. The second-order valence-corrected chi connectivity index (χ2v) is 9.83. The lowest BCUT2D eigenvalue weighted by Crippen LogP contribution is -2.12. The van der Waals surface area contributed by atoms with E-state index in [2.05, 4.69) is 10.6 Å². The summed E-state index contributed by atoms with van der Waals surface area (Å²) in [5.41, 5.74) is 1.89. The van der Waals surface area contributed by atoms with Gasteiger partial charge in [0.05, 0.1) is 55.9 Å². The number of amides is 2. The quantitative estimate of drug-likeness (QED) is 0.138. The molecule has 2 N–H and O–H groups in total. The van der Waals surface area contributed by atoms with Crippen LogP contribution in [0.15, 0.2) is 72.8 Å². The van der Waals surface area contributed by atoms with Crippen molar-refractivity contribution in [3.8, 4) is 46.0 Å². The minimum Gasteiger partial charge on any atom is -0.493 e. The third-order valence-corrected chi connectivity index (χ3v) is 6.94. The molecule has 0 spiro atoms. The highest BCUT2D eigenvalue weighted by molar-refractivity contribution is 6.05. The van der Waals surface area contributed by atoms with Crippen LogP contribution in [-0.2, 0) is 0 Å². The van der Waals surface area contributed by atoms with Gasteiger partial charge in [0.25, 0.3) is 11.8 Å². The molecule has 0 unspecified atom stereocenters. The van der Waals surface area contributed by atoms with E-state index in [1.165, 1.54) is 42.7 Å². The van der Waals surface area contributed by atoms with Crippen LogP contribution in [0.5, 0.6) is 46.0 Å². The van der Waals surface area contributed by atoms with Crippen molar-refractivity contribution in [1.29, 1.82) is 0 Å². The predicted octanol–water partition coefficient (Wildman–Crippen LogP) is 6.09. The number of anilines is 2. The Labute approximate surface area is 273 Å². The lowest BCUT2D eigenvalue weighted by molar-refractivity contribution is 0.101. The average Bonchev–Trinajstić information content (AvgIpc) is 3.11. The number of methoxy groups -OCH3 is 6. The van der Waals surface area contributed by atoms with Crippen LogP contribution in [0, 0.1) is 0 Å². The molecule has 47 heavy (non-hydrogen) atoms. The molecule has 0 saturated heterocycles. The van der Waals surface area contributed by atoms with Crippen LogP contribution in [0.3, 0.4) is 0 Å². The summed E-state index contributed by atoms with van der Waals surface area (Å²) in [6.07, 6.45) is 0.557. The molecule has 0 aliphatic carbocycles. The van der Waals surface area contributed by atoms with Crippen LogP contribution in [0.25, 0.3) is 0 Å². The summed E-state index contributed by atoms with van der Waals surface area (Å²) in [6, 6.07) is 20.1. The van der Waals surface area contributed by atoms with E-state index in [1.54, 1.807) is 72.8 Å². The summed E-state index contributed by atoms with van der Waals surface area (Å²) in [5, 5.41) is 5.70. The summed E-state index contributed by atoms with van der Waals surface area (Å²) in [6.45, 7) is 0.685. The molecular formula is C35H38N2O10. The second-order valence-electron chi connectivity index (χ2n) is 9.83. The van der Waals surface area contributed by atoms with Gasteiger partial charge in [0.15, 0.2) is 46.0 Å². The van der Waals surface area contributed by atoms with Crippen LogP contribution in [-0.4, -0.2) is 67.7 Å². The fourth-order valence-corrected chi connectivity index (χ4v) is 4.51. The molecule has 0 aliphatic rings. The van der Waals surface area contributed by atoms with Crippen molar-refractivity contribution in [3.63, 3.8) is 0 Å². The summed E-state index contributed by atoms with van der Waals surface area (Å²) >= 11 is 0. The Kier molecular flexibility index (Phi) is 12.0. The van der Waals surface area contributed by atoms with Crippen molar-refractivity contribution in [1.82, 2.24) is 0 Å². The van der Waals surface area contributed by atoms with Crippen LogP contribution in [0.1, 0.15) is 27.1 Å². The van der Waals surface area contributed by atoms with E-state index < -0.39 is 0 Å². The maximum absolute atomic E-state index is 12.8. The zero-order valence-electron chi connectivity index (χ0n) is 27.1. The summed E-state index contributed by atoms with van der Waals surface area (Å²) in [7, 11) is 9.13. The molecule has 0 radical (unpaired) electrons. The van der Waals surface area contributed by atoms with Crippen molar-refractivity contribution in [2.75, 3.05) is 66.5 Å². The molecule has 0 saturated carbocycles. The van der Waals surface area contributed by atoms with Crippen molar-refractivity contribution in [2.24, 2.45) is 0 Å². The Hall–Kier alpha value is -5.78. The predicted molar refractivity (Wildman–Crippen MR) is 177 cm³/mol. The smallest absolute Gasteiger partial charge is 0.255 e. The average molecular weight is 647 g/mol. The van der Waals surface area contributed by atoms with Gasteiger partial charge in [-0.05, 0) is 60.7 Å². The second kappa shape index (κ2) is 16.5. The molecule has 12 heteroatoms. The van der Waals surface area contributed by atoms with Gasteiger partial charge < -0.3 is 48.5 Å². The first kappa shape index (κ1) is 34.1. The number of ether oxygens (including phenoxy) is 8. The van der Waals surface area contributed by atoms with Crippen molar-refractivity contribution >= 4 is 23.2 Å². The summed E-state index contributed by atoms with van der Waals surface area (Å²) in [5.74, 6) is 3.30. The minimum absolute atomic E-state index is 0.317. The Morgan fingerprint density at radius 2 is 0.787 bits per heavy atom. The van der Waals surface area contributed by atoms with Gasteiger partial charge in [-0.3, -0.25) is 9.59 Å². The number of nitrogens with one attached hydrogen (secondary N) is 2. The Morgan fingerprint density at radius 1 is 0.447 bits per heavy atom. The maximum Gasteiger partial charge on any atom is 0.255 e. The van der Waals surface area contributed by atoms with E-state index in [0.29, 0.717) is 88.1 Å². The molecule has 12 nitrogen and oxygen atoms in total. The number of carbonyl (C=O) groups is 2. The molecule has 0 heterocycles. The Balaban J connectivity index is 1.28. The van der Waals surface area contributed by atoms with Gasteiger partial charge in [-0.25, -0.2) is 0 Å². The first-order chi connectivity index (χ1) is 22.8. The fourth-order valence-electron chi connectivity index (χ4n) is 4.51. The highest BCUT2D eigenvalue weighted by Crippen LogP contribution is 2.33. The largest absolute Gasteiger partial charge is 0.493 e. The molecular weight excluding hydrogens is 608 g/mol. The van der Waals surface area contributed by atoms with Gasteiger partial charge in [0, 0.05) is 41.1 Å². The Bertz CT molecular complexity index is 1570. The van der Waals surface area contributed by atoms with Crippen LogP contribution < -0.4 is 48.5 Å². The summed E-state index contributed by atoms with van der Waals surface area (Å²) < 4.78 is 43.8. The normalized spacial score (nSPS) is 10.3. The van der Waals surface area contributed by atoms with E-state index in [-0.39, 0.29) is 11.8 Å². The van der Waals surface area contributed by atoms with Crippen LogP contribution >= 0.6 is 0 Å². The molecule has 4 aromatic carbocycles. The zero-order valence-corrected chi connectivity index (χ0v) is 27.1. The number of carbonyl (C=O) groups excluding carboxylic acids is 2. The van der Waals surface area contributed by atoms with E-state index in [0.717, 1.165) is 0 Å². The van der Waals surface area contributed by atoms with Gasteiger partial charge in [-0.2, -0.15) is 0 Å². The molecule has 0 bridgehead atoms. The molecule has 4 rings (SSSR count). The highest BCUT2D eigenvalue weighted by Gasteiger charge is 2.15. The SMILES string of the molecule is COc1ccc(C(=O)Nc2ccc(OCCCOc3ccc(NC(=O)c4ccc(OC)c(OC)c4)cc3OC)c(OC)c2)cc1OC. The number of rotatable bonds is 16.